The number of hydrogen-bond acceptors (Lipinski definition) is 2. The number of thiophene rings is 1. The van der Waals surface area contributed by atoms with Gasteiger partial charge in [-0.15, -0.1) is 11.3 Å². The number of carbonyl (C=O) groups excluding carboxylic acids is 1. The van der Waals surface area contributed by atoms with E-state index in [0.29, 0.717) is 5.92 Å². The lowest BCUT2D eigenvalue weighted by molar-refractivity contribution is 0.0937. The zero-order valence-electron chi connectivity index (χ0n) is 9.30. The molecule has 16 heavy (non-hydrogen) atoms. The standard InChI is InChI=1S/C11H15Br2NOS/c1-7(2)3-9(5-12)14-11(15)8-4-10(13)16-6-8/h4,6-7,9H,3,5H2,1-2H3,(H,14,15). The molecule has 1 unspecified atom stereocenters. The van der Waals surface area contributed by atoms with Crippen LogP contribution in [-0.2, 0) is 0 Å². The molecule has 1 amide bonds. The molecule has 1 aromatic heterocycles. The summed E-state index contributed by atoms with van der Waals surface area (Å²) in [5, 5.41) is 5.68. The lowest BCUT2D eigenvalue weighted by Crippen LogP contribution is -2.36. The molecule has 0 saturated heterocycles. The third-order valence-electron chi connectivity index (χ3n) is 2.11. The van der Waals surface area contributed by atoms with Crippen molar-refractivity contribution in [3.05, 3.63) is 20.8 Å². The van der Waals surface area contributed by atoms with Crippen molar-refractivity contribution in [3.8, 4) is 0 Å². The maximum Gasteiger partial charge on any atom is 0.252 e. The number of rotatable bonds is 5. The van der Waals surface area contributed by atoms with Crippen molar-refractivity contribution in [2.24, 2.45) is 5.92 Å². The van der Waals surface area contributed by atoms with Crippen LogP contribution in [0.4, 0.5) is 0 Å². The van der Waals surface area contributed by atoms with E-state index >= 15 is 0 Å². The molecule has 1 heterocycles. The maximum absolute atomic E-state index is 11.9. The molecule has 0 bridgehead atoms. The van der Waals surface area contributed by atoms with Gasteiger partial charge in [-0.05, 0) is 34.3 Å². The smallest absolute Gasteiger partial charge is 0.252 e. The van der Waals surface area contributed by atoms with E-state index in [9.17, 15) is 4.79 Å². The van der Waals surface area contributed by atoms with Crippen molar-refractivity contribution >= 4 is 49.1 Å². The Morgan fingerprint density at radius 2 is 2.25 bits per heavy atom. The quantitative estimate of drug-likeness (QED) is 0.780. The summed E-state index contributed by atoms with van der Waals surface area (Å²) in [6, 6.07) is 2.05. The fraction of sp³-hybridized carbons (Fsp3) is 0.545. The molecule has 1 N–H and O–H groups in total. The first kappa shape index (κ1) is 14.2. The van der Waals surface area contributed by atoms with E-state index in [1.165, 1.54) is 11.3 Å². The van der Waals surface area contributed by atoms with Gasteiger partial charge in [-0.3, -0.25) is 4.79 Å². The lowest BCUT2D eigenvalue weighted by Gasteiger charge is -2.17. The second kappa shape index (κ2) is 6.77. The number of amides is 1. The lowest BCUT2D eigenvalue weighted by atomic mass is 10.1. The summed E-state index contributed by atoms with van der Waals surface area (Å²) in [6.07, 6.45) is 0.988. The Morgan fingerprint density at radius 3 is 2.69 bits per heavy atom. The summed E-state index contributed by atoms with van der Waals surface area (Å²) in [7, 11) is 0. The van der Waals surface area contributed by atoms with E-state index in [2.05, 4.69) is 51.0 Å². The molecule has 0 spiro atoms. The van der Waals surface area contributed by atoms with Crippen molar-refractivity contribution in [2.75, 3.05) is 5.33 Å². The molecule has 1 aromatic rings. The maximum atomic E-state index is 11.9. The highest BCUT2D eigenvalue weighted by Gasteiger charge is 2.14. The first-order valence-corrected chi connectivity index (χ1v) is 7.93. The van der Waals surface area contributed by atoms with Crippen LogP contribution in [0.15, 0.2) is 15.2 Å². The molecule has 1 atom stereocenters. The minimum Gasteiger partial charge on any atom is -0.348 e. The van der Waals surface area contributed by atoms with Gasteiger partial charge in [0.15, 0.2) is 0 Å². The summed E-state index contributed by atoms with van der Waals surface area (Å²) in [5.74, 6) is 0.587. The number of carbonyl (C=O) groups is 1. The molecular weight excluding hydrogens is 354 g/mol. The van der Waals surface area contributed by atoms with Gasteiger partial charge in [0.05, 0.1) is 9.35 Å². The Bertz CT molecular complexity index is 352. The first-order valence-electron chi connectivity index (χ1n) is 5.13. The Labute approximate surface area is 117 Å². The van der Waals surface area contributed by atoms with E-state index in [1.807, 2.05) is 11.4 Å². The number of hydrogen-bond donors (Lipinski definition) is 1. The monoisotopic (exact) mass is 367 g/mol. The van der Waals surface area contributed by atoms with E-state index in [4.69, 9.17) is 0 Å². The van der Waals surface area contributed by atoms with Crippen molar-refractivity contribution in [3.63, 3.8) is 0 Å². The van der Waals surface area contributed by atoms with Crippen molar-refractivity contribution in [1.29, 1.82) is 0 Å². The van der Waals surface area contributed by atoms with Crippen LogP contribution in [-0.4, -0.2) is 17.3 Å². The van der Waals surface area contributed by atoms with Gasteiger partial charge in [-0.25, -0.2) is 0 Å². The highest BCUT2D eigenvalue weighted by atomic mass is 79.9. The Hall–Kier alpha value is 0.130. The third kappa shape index (κ3) is 4.55. The molecule has 0 aliphatic carbocycles. The number of halogens is 2. The van der Waals surface area contributed by atoms with Gasteiger partial charge >= 0.3 is 0 Å². The molecule has 0 fully saturated rings. The second-order valence-electron chi connectivity index (χ2n) is 4.09. The summed E-state index contributed by atoms with van der Waals surface area (Å²) in [6.45, 7) is 4.31. The average molecular weight is 369 g/mol. The highest BCUT2D eigenvalue weighted by Crippen LogP contribution is 2.20. The molecule has 2 nitrogen and oxygen atoms in total. The molecule has 0 aliphatic heterocycles. The normalized spacial score (nSPS) is 12.8. The van der Waals surface area contributed by atoms with Crippen LogP contribution in [0.3, 0.4) is 0 Å². The fourth-order valence-corrected chi connectivity index (χ4v) is 2.99. The highest BCUT2D eigenvalue weighted by molar-refractivity contribution is 9.11. The van der Waals surface area contributed by atoms with Crippen molar-refractivity contribution < 1.29 is 4.79 Å². The fourth-order valence-electron chi connectivity index (χ4n) is 1.43. The molecule has 5 heteroatoms. The van der Waals surface area contributed by atoms with Crippen LogP contribution in [0.5, 0.6) is 0 Å². The Kier molecular flexibility index (Phi) is 6.00. The van der Waals surface area contributed by atoms with Crippen LogP contribution in [0.1, 0.15) is 30.6 Å². The van der Waals surface area contributed by atoms with Crippen LogP contribution in [0, 0.1) is 5.92 Å². The number of alkyl halides is 1. The zero-order chi connectivity index (χ0) is 12.1. The Balaban J connectivity index is 2.55. The van der Waals surface area contributed by atoms with Crippen LogP contribution >= 0.6 is 43.2 Å². The molecule has 0 radical (unpaired) electrons. The predicted molar refractivity (Wildman–Crippen MR) is 76.5 cm³/mol. The van der Waals surface area contributed by atoms with E-state index in [1.54, 1.807) is 0 Å². The minimum atomic E-state index is 0.00653. The molecular formula is C11H15Br2NOS. The third-order valence-corrected chi connectivity index (χ3v) is 4.39. The SMILES string of the molecule is CC(C)CC(CBr)NC(=O)c1csc(Br)c1. The van der Waals surface area contributed by atoms with E-state index in [-0.39, 0.29) is 11.9 Å². The molecule has 90 valence electrons. The van der Waals surface area contributed by atoms with Crippen molar-refractivity contribution in [1.82, 2.24) is 5.32 Å². The number of nitrogens with one attached hydrogen (secondary N) is 1. The van der Waals surface area contributed by atoms with Crippen LogP contribution < -0.4 is 5.32 Å². The summed E-state index contributed by atoms with van der Waals surface area (Å²) in [4.78, 5) is 11.9. The van der Waals surface area contributed by atoms with Crippen LogP contribution in [0.25, 0.3) is 0 Å². The Morgan fingerprint density at radius 1 is 1.56 bits per heavy atom. The summed E-state index contributed by atoms with van der Waals surface area (Å²) < 4.78 is 0.983. The van der Waals surface area contributed by atoms with Gasteiger partial charge in [0.1, 0.15) is 0 Å². The second-order valence-corrected chi connectivity index (χ2v) is 7.03. The van der Waals surface area contributed by atoms with Gasteiger partial charge in [0.25, 0.3) is 5.91 Å². The summed E-state index contributed by atoms with van der Waals surface area (Å²) in [5.41, 5.74) is 0.728. The molecule has 1 rings (SSSR count). The first-order chi connectivity index (χ1) is 7.52. The predicted octanol–water partition coefficient (Wildman–Crippen LogP) is 4.05. The van der Waals surface area contributed by atoms with Crippen molar-refractivity contribution in [2.45, 2.75) is 26.3 Å². The van der Waals surface area contributed by atoms with Gasteiger partial charge in [0.2, 0.25) is 0 Å². The van der Waals surface area contributed by atoms with Gasteiger partial charge < -0.3 is 5.32 Å². The van der Waals surface area contributed by atoms with E-state index in [0.717, 1.165) is 21.1 Å². The van der Waals surface area contributed by atoms with Crippen LogP contribution in [0.2, 0.25) is 0 Å². The van der Waals surface area contributed by atoms with Gasteiger partial charge in [0, 0.05) is 16.8 Å². The molecule has 0 aliphatic rings. The minimum absolute atomic E-state index is 0.00653. The zero-order valence-corrected chi connectivity index (χ0v) is 13.3. The molecule has 0 aromatic carbocycles. The topological polar surface area (TPSA) is 29.1 Å². The largest absolute Gasteiger partial charge is 0.348 e. The molecule has 0 saturated carbocycles. The van der Waals surface area contributed by atoms with E-state index < -0.39 is 0 Å². The van der Waals surface area contributed by atoms with Gasteiger partial charge in [-0.1, -0.05) is 29.8 Å². The van der Waals surface area contributed by atoms with Gasteiger partial charge in [-0.2, -0.15) is 0 Å². The average Bonchev–Trinajstić information content (AvgIpc) is 2.63. The summed E-state index contributed by atoms with van der Waals surface area (Å²) >= 11 is 8.31.